The summed E-state index contributed by atoms with van der Waals surface area (Å²) in [5, 5.41) is 3.25. The Labute approximate surface area is 121 Å². The van der Waals surface area contributed by atoms with E-state index in [1.54, 1.807) is 0 Å². The minimum atomic E-state index is -4.40. The third-order valence-electron chi connectivity index (χ3n) is 3.88. The molecule has 1 aromatic rings. The summed E-state index contributed by atoms with van der Waals surface area (Å²) in [6.45, 7) is 2.52. The zero-order valence-corrected chi connectivity index (χ0v) is 12.0. The van der Waals surface area contributed by atoms with E-state index in [0.717, 1.165) is 31.4 Å². The van der Waals surface area contributed by atoms with Crippen LogP contribution >= 0.6 is 11.6 Å². The van der Waals surface area contributed by atoms with Crippen molar-refractivity contribution in [1.82, 2.24) is 0 Å². The van der Waals surface area contributed by atoms with Crippen LogP contribution in [0.5, 0.6) is 0 Å². The van der Waals surface area contributed by atoms with Crippen molar-refractivity contribution in [2.75, 3.05) is 11.9 Å². The van der Waals surface area contributed by atoms with Gasteiger partial charge in [-0.25, -0.2) is 0 Å². The van der Waals surface area contributed by atoms with Crippen molar-refractivity contribution in [3.05, 3.63) is 28.8 Å². The van der Waals surface area contributed by atoms with Crippen molar-refractivity contribution in [3.63, 3.8) is 0 Å². The molecule has 0 aromatic heterocycles. The van der Waals surface area contributed by atoms with Gasteiger partial charge >= 0.3 is 6.18 Å². The number of halogens is 4. The molecule has 1 aromatic carbocycles. The molecular weight excluding hydrogens is 289 g/mol. The van der Waals surface area contributed by atoms with E-state index in [9.17, 15) is 13.2 Å². The van der Waals surface area contributed by atoms with Crippen LogP contribution in [0.25, 0.3) is 0 Å². The van der Waals surface area contributed by atoms with E-state index in [4.69, 9.17) is 17.3 Å². The van der Waals surface area contributed by atoms with E-state index >= 15 is 0 Å². The van der Waals surface area contributed by atoms with Crippen molar-refractivity contribution in [3.8, 4) is 0 Å². The van der Waals surface area contributed by atoms with E-state index in [-0.39, 0.29) is 10.6 Å². The van der Waals surface area contributed by atoms with Crippen LogP contribution in [0.3, 0.4) is 0 Å². The van der Waals surface area contributed by atoms with Gasteiger partial charge < -0.3 is 11.1 Å². The fraction of sp³-hybridized carbons (Fsp3) is 0.571. The molecule has 1 aliphatic carbocycles. The highest BCUT2D eigenvalue weighted by molar-refractivity contribution is 6.30. The first-order valence-corrected chi connectivity index (χ1v) is 6.98. The third kappa shape index (κ3) is 3.38. The fourth-order valence-corrected chi connectivity index (χ4v) is 3.11. The molecule has 0 radical (unpaired) electrons. The molecule has 3 N–H and O–H groups in total. The summed E-state index contributed by atoms with van der Waals surface area (Å²) in [6.07, 6.45) is -1.66. The monoisotopic (exact) mass is 306 g/mol. The second kappa shape index (κ2) is 5.45. The second-order valence-corrected chi connectivity index (χ2v) is 6.12. The van der Waals surface area contributed by atoms with E-state index in [0.29, 0.717) is 18.2 Å². The zero-order chi connectivity index (χ0) is 15.0. The minimum absolute atomic E-state index is 0.0699. The van der Waals surface area contributed by atoms with Gasteiger partial charge in [0, 0.05) is 22.8 Å². The number of rotatable bonds is 3. The summed E-state index contributed by atoms with van der Waals surface area (Å²) in [4.78, 5) is 0. The number of hydrogen-bond acceptors (Lipinski definition) is 2. The largest absolute Gasteiger partial charge is 0.416 e. The van der Waals surface area contributed by atoms with Crippen LogP contribution in [0.2, 0.25) is 5.02 Å². The highest BCUT2D eigenvalue weighted by atomic mass is 35.5. The molecule has 0 spiro atoms. The topological polar surface area (TPSA) is 38.0 Å². The second-order valence-electron chi connectivity index (χ2n) is 5.68. The third-order valence-corrected chi connectivity index (χ3v) is 4.10. The zero-order valence-electron chi connectivity index (χ0n) is 11.2. The maximum atomic E-state index is 12.8. The Kier molecular flexibility index (Phi) is 4.21. The van der Waals surface area contributed by atoms with Gasteiger partial charge in [-0.1, -0.05) is 18.5 Å². The smallest absolute Gasteiger partial charge is 0.378 e. The lowest BCUT2D eigenvalue weighted by Gasteiger charge is -2.31. The fourth-order valence-electron chi connectivity index (χ4n) is 2.88. The Balaban J connectivity index is 2.27. The molecule has 0 amide bonds. The van der Waals surface area contributed by atoms with Gasteiger partial charge in [-0.15, -0.1) is 0 Å². The lowest BCUT2D eigenvalue weighted by atomic mass is 9.95. The summed E-state index contributed by atoms with van der Waals surface area (Å²) in [6, 6.07) is 3.53. The maximum absolute atomic E-state index is 12.8. The molecule has 2 unspecified atom stereocenters. The van der Waals surface area contributed by atoms with Gasteiger partial charge in [0.25, 0.3) is 0 Å². The Hall–Kier alpha value is -0.940. The Morgan fingerprint density at radius 2 is 2.10 bits per heavy atom. The first-order chi connectivity index (χ1) is 9.24. The molecule has 6 heteroatoms. The molecule has 2 rings (SSSR count). The van der Waals surface area contributed by atoms with Crippen LogP contribution in [-0.4, -0.2) is 12.1 Å². The molecule has 0 bridgehead atoms. The summed E-state index contributed by atoms with van der Waals surface area (Å²) < 4.78 is 38.4. The molecule has 1 fully saturated rings. The van der Waals surface area contributed by atoms with Crippen molar-refractivity contribution < 1.29 is 13.2 Å². The molecule has 2 nitrogen and oxygen atoms in total. The van der Waals surface area contributed by atoms with Gasteiger partial charge in [-0.05, 0) is 43.4 Å². The van der Waals surface area contributed by atoms with E-state index in [2.05, 4.69) is 12.2 Å². The summed E-state index contributed by atoms with van der Waals surface area (Å²) >= 11 is 5.79. The number of nitrogens with one attached hydrogen (secondary N) is 1. The molecule has 2 atom stereocenters. The van der Waals surface area contributed by atoms with Crippen LogP contribution in [-0.2, 0) is 6.18 Å². The lowest BCUT2D eigenvalue weighted by Crippen LogP contribution is -2.43. The summed E-state index contributed by atoms with van der Waals surface area (Å²) in [5.41, 5.74) is 5.13. The van der Waals surface area contributed by atoms with Crippen LogP contribution < -0.4 is 11.1 Å². The van der Waals surface area contributed by atoms with Gasteiger partial charge in [0.15, 0.2) is 0 Å². The average Bonchev–Trinajstić information content (AvgIpc) is 2.69. The molecule has 1 aliphatic rings. The molecule has 20 heavy (non-hydrogen) atoms. The highest BCUT2D eigenvalue weighted by Gasteiger charge is 2.37. The summed E-state index contributed by atoms with van der Waals surface area (Å²) in [5.74, 6) is 0.521. The van der Waals surface area contributed by atoms with Crippen LogP contribution in [0.4, 0.5) is 18.9 Å². The summed E-state index contributed by atoms with van der Waals surface area (Å²) in [7, 11) is 0. The Morgan fingerprint density at radius 1 is 1.40 bits per heavy atom. The first-order valence-electron chi connectivity index (χ1n) is 6.60. The molecular formula is C14H18ClF3N2. The predicted octanol–water partition coefficient (Wildman–Crippen LogP) is 4.29. The Bertz CT molecular complexity index is 490. The minimum Gasteiger partial charge on any atom is -0.378 e. The van der Waals surface area contributed by atoms with Crippen molar-refractivity contribution in [2.24, 2.45) is 11.7 Å². The highest BCUT2D eigenvalue weighted by Crippen LogP contribution is 2.38. The number of benzene rings is 1. The van der Waals surface area contributed by atoms with E-state index in [1.165, 1.54) is 6.07 Å². The van der Waals surface area contributed by atoms with E-state index < -0.39 is 11.7 Å². The molecule has 1 saturated carbocycles. The quantitative estimate of drug-likeness (QED) is 0.874. The SMILES string of the molecule is CC1CCC(CN)(Nc2cc(Cl)cc(C(F)(F)F)c2)C1. The standard InChI is InChI=1S/C14H18ClF3N2/c1-9-2-3-13(7-9,8-19)20-12-5-10(14(16,17)18)4-11(15)6-12/h4-6,9,20H,2-3,7-8,19H2,1H3. The normalized spacial score (nSPS) is 26.8. The van der Waals surface area contributed by atoms with Gasteiger partial charge in [-0.2, -0.15) is 13.2 Å². The van der Waals surface area contributed by atoms with Crippen LogP contribution in [0.15, 0.2) is 18.2 Å². The van der Waals surface area contributed by atoms with Crippen molar-refractivity contribution in [1.29, 1.82) is 0 Å². The maximum Gasteiger partial charge on any atom is 0.416 e. The van der Waals surface area contributed by atoms with Crippen molar-refractivity contribution in [2.45, 2.75) is 37.9 Å². The number of nitrogens with two attached hydrogens (primary N) is 1. The number of alkyl halides is 3. The lowest BCUT2D eigenvalue weighted by molar-refractivity contribution is -0.137. The van der Waals surface area contributed by atoms with Gasteiger partial charge in [0.2, 0.25) is 0 Å². The molecule has 112 valence electrons. The van der Waals surface area contributed by atoms with Gasteiger partial charge in [-0.3, -0.25) is 0 Å². The molecule has 0 heterocycles. The van der Waals surface area contributed by atoms with Crippen molar-refractivity contribution >= 4 is 17.3 Å². The van der Waals surface area contributed by atoms with Gasteiger partial charge in [0.1, 0.15) is 0 Å². The van der Waals surface area contributed by atoms with E-state index in [1.807, 2.05) is 0 Å². The number of anilines is 1. The van der Waals surface area contributed by atoms with Crippen LogP contribution in [0, 0.1) is 5.92 Å². The van der Waals surface area contributed by atoms with Crippen LogP contribution in [0.1, 0.15) is 31.7 Å². The first kappa shape index (κ1) is 15.4. The molecule has 0 aliphatic heterocycles. The van der Waals surface area contributed by atoms with Gasteiger partial charge in [0.05, 0.1) is 5.56 Å². The predicted molar refractivity (Wildman–Crippen MR) is 74.9 cm³/mol. The average molecular weight is 307 g/mol. The molecule has 0 saturated heterocycles. The Morgan fingerprint density at radius 3 is 2.60 bits per heavy atom. The number of hydrogen-bond donors (Lipinski definition) is 2.